The van der Waals surface area contributed by atoms with Crippen molar-refractivity contribution in [1.29, 1.82) is 0 Å². The second kappa shape index (κ2) is 10.8. The van der Waals surface area contributed by atoms with Crippen LogP contribution in [0.25, 0.3) is 11.6 Å². The molecule has 9 nitrogen and oxygen atoms in total. The Kier molecular flexibility index (Phi) is 7.41. The molecule has 1 aliphatic heterocycles. The van der Waals surface area contributed by atoms with Crippen LogP contribution >= 0.6 is 0 Å². The first-order chi connectivity index (χ1) is 19.5. The zero-order chi connectivity index (χ0) is 29.4. The van der Waals surface area contributed by atoms with E-state index in [-0.39, 0.29) is 50.1 Å². The van der Waals surface area contributed by atoms with E-state index < -0.39 is 31.6 Å². The van der Waals surface area contributed by atoms with Crippen LogP contribution in [0.4, 0.5) is 5.69 Å². The number of aromatic amines is 1. The van der Waals surface area contributed by atoms with Crippen molar-refractivity contribution in [3.8, 4) is 0 Å². The highest BCUT2D eigenvalue weighted by molar-refractivity contribution is 7.91. The Hall–Kier alpha value is -4.48. The fraction of sp³-hybridized carbons (Fsp3) is 0.133. The minimum Gasteiger partial charge on any atom is -0.481 e. The summed E-state index contributed by atoms with van der Waals surface area (Å²) in [6, 6.07) is 20.9. The summed E-state index contributed by atoms with van der Waals surface area (Å²) in [7, 11) is -7.77. The molecule has 0 unspecified atom stereocenters. The summed E-state index contributed by atoms with van der Waals surface area (Å²) in [6.45, 7) is 1.57. The second-order valence-electron chi connectivity index (χ2n) is 9.65. The number of sulfone groups is 2. The predicted octanol–water partition coefficient (Wildman–Crippen LogP) is 4.64. The highest BCUT2D eigenvalue weighted by Gasteiger charge is 2.31. The lowest BCUT2D eigenvalue weighted by Gasteiger charge is -2.09. The maximum absolute atomic E-state index is 13.6. The van der Waals surface area contributed by atoms with Gasteiger partial charge in [0.05, 0.1) is 26.0 Å². The number of aromatic nitrogens is 1. The molecule has 0 spiro atoms. The van der Waals surface area contributed by atoms with Crippen LogP contribution in [-0.2, 0) is 41.4 Å². The molecule has 11 heteroatoms. The Morgan fingerprint density at radius 1 is 0.902 bits per heavy atom. The molecule has 0 atom stereocenters. The average Bonchev–Trinajstić information content (AvgIpc) is 3.43. The predicted molar refractivity (Wildman–Crippen MR) is 154 cm³/mol. The topological polar surface area (TPSA) is 150 Å². The number of benzene rings is 3. The monoisotopic (exact) mass is 590 g/mol. The molecule has 0 bridgehead atoms. The van der Waals surface area contributed by atoms with E-state index in [9.17, 15) is 31.5 Å². The van der Waals surface area contributed by atoms with Crippen molar-refractivity contribution in [3.63, 3.8) is 0 Å². The molecule has 1 aliphatic rings. The Balaban J connectivity index is 1.61. The molecule has 1 aromatic heterocycles. The third-order valence-corrected chi connectivity index (χ3v) is 10.5. The average molecular weight is 591 g/mol. The number of rotatable bonds is 9. The van der Waals surface area contributed by atoms with E-state index in [0.717, 1.165) is 0 Å². The summed E-state index contributed by atoms with van der Waals surface area (Å²) in [5.41, 5.74) is 2.27. The summed E-state index contributed by atoms with van der Waals surface area (Å²) in [6.07, 6.45) is 0.999. The molecular formula is C30H26N2O7S2. The van der Waals surface area contributed by atoms with Crippen LogP contribution in [0.1, 0.15) is 34.5 Å². The maximum Gasteiger partial charge on any atom is 0.303 e. The van der Waals surface area contributed by atoms with Gasteiger partial charge < -0.3 is 15.4 Å². The number of carbonyl (C=O) groups is 2. The fourth-order valence-electron chi connectivity index (χ4n) is 4.89. The van der Waals surface area contributed by atoms with E-state index in [2.05, 4.69) is 10.3 Å². The Morgan fingerprint density at radius 3 is 2.22 bits per heavy atom. The van der Waals surface area contributed by atoms with E-state index in [0.29, 0.717) is 22.5 Å². The van der Waals surface area contributed by atoms with Gasteiger partial charge in [0.1, 0.15) is 0 Å². The first kappa shape index (κ1) is 28.1. The van der Waals surface area contributed by atoms with Crippen LogP contribution in [0.15, 0.2) is 93.5 Å². The lowest BCUT2D eigenvalue weighted by atomic mass is 10.0. The molecule has 2 heterocycles. The smallest absolute Gasteiger partial charge is 0.303 e. The summed E-state index contributed by atoms with van der Waals surface area (Å²) >= 11 is 0. The molecule has 5 rings (SSSR count). The van der Waals surface area contributed by atoms with Crippen LogP contribution in [0.3, 0.4) is 0 Å². The first-order valence-electron chi connectivity index (χ1n) is 12.6. The minimum atomic E-state index is -4.02. The van der Waals surface area contributed by atoms with Crippen LogP contribution in [0.5, 0.6) is 0 Å². The molecule has 3 N–H and O–H groups in total. The third-order valence-electron chi connectivity index (χ3n) is 6.79. The fourth-order valence-corrected chi connectivity index (χ4v) is 8.01. The van der Waals surface area contributed by atoms with Crippen LogP contribution < -0.4 is 5.32 Å². The molecular weight excluding hydrogens is 564 g/mol. The van der Waals surface area contributed by atoms with Gasteiger partial charge in [-0.3, -0.25) is 9.59 Å². The summed E-state index contributed by atoms with van der Waals surface area (Å²) in [5.74, 6) is -1.83. The Morgan fingerprint density at radius 2 is 1.56 bits per heavy atom. The van der Waals surface area contributed by atoms with Crippen molar-refractivity contribution in [2.45, 2.75) is 40.2 Å². The van der Waals surface area contributed by atoms with Crippen molar-refractivity contribution in [2.24, 2.45) is 0 Å². The lowest BCUT2D eigenvalue weighted by molar-refractivity contribution is -0.137. The van der Waals surface area contributed by atoms with Crippen molar-refractivity contribution in [2.75, 3.05) is 5.32 Å². The summed E-state index contributed by atoms with van der Waals surface area (Å²) < 4.78 is 53.6. The van der Waals surface area contributed by atoms with Gasteiger partial charge in [0.25, 0.3) is 5.91 Å². The zero-order valence-electron chi connectivity index (χ0n) is 21.9. The standard InChI is InChI=1S/C30H26N2O7S2/c1-19-29(41(38,39)21-10-6-3-7-11-21)23(13-15-28(33)34)27(31-19)17-25-24-16-22(12-14-26(24)32-30(25)35)40(36,37)18-20-8-4-2-5-9-20/h2-12,14,16-17,31H,13,15,18H2,1H3,(H,32,35)(H,33,34)/b25-17-. The molecule has 3 aromatic carbocycles. The number of carbonyl (C=O) groups excluding carboxylic acids is 1. The van der Waals surface area contributed by atoms with Gasteiger partial charge in [-0.2, -0.15) is 0 Å². The van der Waals surface area contributed by atoms with Gasteiger partial charge in [-0.25, -0.2) is 16.8 Å². The number of aryl methyl sites for hydroxylation is 1. The molecule has 4 aromatic rings. The zero-order valence-corrected chi connectivity index (χ0v) is 23.6. The largest absolute Gasteiger partial charge is 0.481 e. The summed E-state index contributed by atoms with van der Waals surface area (Å²) in [5, 5.41) is 12.1. The number of aliphatic carboxylic acids is 1. The van der Waals surface area contributed by atoms with E-state index in [1.807, 2.05) is 0 Å². The molecule has 0 aliphatic carbocycles. The second-order valence-corrected chi connectivity index (χ2v) is 13.5. The number of anilines is 1. The highest BCUT2D eigenvalue weighted by atomic mass is 32.2. The minimum absolute atomic E-state index is 0.0311. The lowest BCUT2D eigenvalue weighted by Crippen LogP contribution is -2.08. The highest BCUT2D eigenvalue weighted by Crippen LogP contribution is 2.38. The van der Waals surface area contributed by atoms with Gasteiger partial charge in [-0.05, 0) is 60.9 Å². The molecule has 41 heavy (non-hydrogen) atoms. The molecule has 1 amide bonds. The number of hydrogen-bond acceptors (Lipinski definition) is 6. The number of amides is 1. The first-order valence-corrected chi connectivity index (χ1v) is 15.8. The third kappa shape index (κ3) is 5.59. The van der Waals surface area contributed by atoms with Gasteiger partial charge in [0.15, 0.2) is 9.84 Å². The van der Waals surface area contributed by atoms with Crippen molar-refractivity contribution in [3.05, 3.63) is 107 Å². The Bertz CT molecular complexity index is 1910. The Labute approximate surface area is 237 Å². The number of H-pyrrole nitrogens is 1. The maximum atomic E-state index is 13.6. The quantitative estimate of drug-likeness (QED) is 0.240. The van der Waals surface area contributed by atoms with Gasteiger partial charge in [-0.15, -0.1) is 0 Å². The van der Waals surface area contributed by atoms with Crippen molar-refractivity contribution < 1.29 is 31.5 Å². The van der Waals surface area contributed by atoms with Crippen LogP contribution in [0.2, 0.25) is 0 Å². The van der Waals surface area contributed by atoms with Gasteiger partial charge in [-0.1, -0.05) is 48.5 Å². The van der Waals surface area contributed by atoms with Crippen molar-refractivity contribution >= 4 is 48.9 Å². The normalized spacial score (nSPS) is 14.2. The van der Waals surface area contributed by atoms with Crippen molar-refractivity contribution in [1.82, 2.24) is 4.98 Å². The van der Waals surface area contributed by atoms with E-state index in [4.69, 9.17) is 0 Å². The van der Waals surface area contributed by atoms with Crippen LogP contribution in [-0.4, -0.2) is 38.8 Å². The van der Waals surface area contributed by atoms with Crippen LogP contribution in [0, 0.1) is 6.92 Å². The van der Waals surface area contributed by atoms with Gasteiger partial charge in [0, 0.05) is 29.1 Å². The van der Waals surface area contributed by atoms with E-state index in [1.165, 1.54) is 36.4 Å². The SMILES string of the molecule is Cc1[nH]c(/C=C2\C(=O)Nc3ccc(S(=O)(=O)Cc4ccccc4)cc32)c(CCC(=O)O)c1S(=O)(=O)c1ccccc1. The van der Waals surface area contributed by atoms with E-state index >= 15 is 0 Å². The molecule has 0 fully saturated rings. The van der Waals surface area contributed by atoms with E-state index in [1.54, 1.807) is 55.5 Å². The summed E-state index contributed by atoms with van der Waals surface area (Å²) in [4.78, 5) is 27.5. The molecule has 210 valence electrons. The van der Waals surface area contributed by atoms with Gasteiger partial charge in [0.2, 0.25) is 9.84 Å². The molecule has 0 saturated heterocycles. The number of hydrogen-bond donors (Lipinski definition) is 3. The van der Waals surface area contributed by atoms with Gasteiger partial charge >= 0.3 is 5.97 Å². The number of fused-ring (bicyclic) bond motifs is 1. The molecule has 0 radical (unpaired) electrons. The molecule has 0 saturated carbocycles. The number of nitrogens with one attached hydrogen (secondary N) is 2. The number of carboxylic acid groups (broad SMARTS) is 1. The number of carboxylic acids is 1.